The first-order chi connectivity index (χ1) is 8.10. The van der Waals surface area contributed by atoms with Crippen LogP contribution in [0.25, 0.3) is 0 Å². The molecule has 0 radical (unpaired) electrons. The maximum Gasteiger partial charge on any atom is 0.316 e. The average molecular weight is 257 g/mol. The number of anilines is 1. The van der Waals surface area contributed by atoms with E-state index >= 15 is 0 Å². The smallest absolute Gasteiger partial charge is 0.316 e. The lowest BCUT2D eigenvalue weighted by atomic mass is 10.2. The average Bonchev–Trinajstić information content (AvgIpc) is 2.53. The van der Waals surface area contributed by atoms with Gasteiger partial charge in [0.2, 0.25) is 0 Å². The van der Waals surface area contributed by atoms with Gasteiger partial charge in [-0.05, 0) is 13.3 Å². The molecule has 0 aliphatic heterocycles. The first-order valence-corrected chi connectivity index (χ1v) is 6.68. The summed E-state index contributed by atoms with van der Waals surface area (Å²) in [6.45, 7) is 4.28. The van der Waals surface area contributed by atoms with Crippen LogP contribution in [0.1, 0.15) is 26.0 Å². The summed E-state index contributed by atoms with van der Waals surface area (Å²) in [5, 5.41) is 5.18. The highest BCUT2D eigenvalue weighted by molar-refractivity contribution is 8.00. The van der Waals surface area contributed by atoms with Crippen molar-refractivity contribution in [3.8, 4) is 0 Å². The number of ether oxygens (including phenoxy) is 1. The molecule has 96 valence electrons. The lowest BCUT2D eigenvalue weighted by Gasteiger charge is -2.03. The van der Waals surface area contributed by atoms with Gasteiger partial charge in [-0.3, -0.25) is 9.48 Å². The van der Waals surface area contributed by atoms with Crippen LogP contribution in [0.3, 0.4) is 0 Å². The number of carbonyl (C=O) groups is 1. The number of thioether (sulfide) groups is 1. The van der Waals surface area contributed by atoms with Crippen LogP contribution in [0.15, 0.2) is 5.03 Å². The van der Waals surface area contributed by atoms with Gasteiger partial charge in [0, 0.05) is 7.05 Å². The maximum absolute atomic E-state index is 11.3. The van der Waals surface area contributed by atoms with E-state index in [0.29, 0.717) is 12.3 Å². The van der Waals surface area contributed by atoms with Crippen molar-refractivity contribution in [2.45, 2.75) is 31.7 Å². The Hall–Kier alpha value is -1.17. The van der Waals surface area contributed by atoms with Crippen LogP contribution in [-0.4, -0.2) is 28.1 Å². The number of esters is 1. The van der Waals surface area contributed by atoms with Gasteiger partial charge in [-0.1, -0.05) is 25.1 Å². The van der Waals surface area contributed by atoms with E-state index < -0.39 is 0 Å². The normalized spacial score (nSPS) is 10.5. The summed E-state index contributed by atoms with van der Waals surface area (Å²) >= 11 is 1.37. The molecular formula is C11H19N3O2S. The molecule has 0 saturated carbocycles. The third kappa shape index (κ3) is 3.66. The van der Waals surface area contributed by atoms with Gasteiger partial charge in [-0.15, -0.1) is 0 Å². The molecule has 17 heavy (non-hydrogen) atoms. The topological polar surface area (TPSA) is 70.1 Å². The van der Waals surface area contributed by atoms with Crippen LogP contribution >= 0.6 is 11.8 Å². The Morgan fingerprint density at radius 2 is 2.24 bits per heavy atom. The molecule has 1 heterocycles. The lowest BCUT2D eigenvalue weighted by Crippen LogP contribution is -2.07. The number of nitrogens with zero attached hydrogens (tertiary/aromatic N) is 2. The Morgan fingerprint density at radius 1 is 1.53 bits per heavy atom. The second-order valence-electron chi connectivity index (χ2n) is 3.63. The predicted molar refractivity (Wildman–Crippen MR) is 69.0 cm³/mol. The Morgan fingerprint density at radius 3 is 2.82 bits per heavy atom. The summed E-state index contributed by atoms with van der Waals surface area (Å²) in [6.07, 6.45) is 1.86. The first kappa shape index (κ1) is 13.9. The van der Waals surface area contributed by atoms with Gasteiger partial charge in [-0.25, -0.2) is 0 Å². The first-order valence-electron chi connectivity index (χ1n) is 5.69. The molecule has 6 heteroatoms. The highest BCUT2D eigenvalue weighted by Crippen LogP contribution is 2.28. The summed E-state index contributed by atoms with van der Waals surface area (Å²) in [6, 6.07) is 0. The molecule has 0 saturated heterocycles. The molecule has 0 aromatic carbocycles. The maximum atomic E-state index is 11.3. The predicted octanol–water partition coefficient (Wildman–Crippen LogP) is 1.61. The van der Waals surface area contributed by atoms with Gasteiger partial charge in [0.05, 0.1) is 23.7 Å². The second-order valence-corrected chi connectivity index (χ2v) is 4.60. The van der Waals surface area contributed by atoms with Gasteiger partial charge in [0.25, 0.3) is 0 Å². The second kappa shape index (κ2) is 6.54. The van der Waals surface area contributed by atoms with E-state index in [9.17, 15) is 4.79 Å². The minimum Gasteiger partial charge on any atom is -0.465 e. The Labute approximate surface area is 106 Å². The van der Waals surface area contributed by atoms with E-state index in [1.54, 1.807) is 11.6 Å². The van der Waals surface area contributed by atoms with Crippen molar-refractivity contribution in [1.82, 2.24) is 9.78 Å². The highest BCUT2D eigenvalue weighted by atomic mass is 32.2. The van der Waals surface area contributed by atoms with Gasteiger partial charge in [-0.2, -0.15) is 5.10 Å². The monoisotopic (exact) mass is 257 g/mol. The van der Waals surface area contributed by atoms with E-state index in [-0.39, 0.29) is 11.7 Å². The molecule has 0 unspecified atom stereocenters. The number of nitrogens with two attached hydrogens (primary N) is 1. The summed E-state index contributed by atoms with van der Waals surface area (Å²) in [4.78, 5) is 11.3. The Kier molecular flexibility index (Phi) is 5.34. The van der Waals surface area contributed by atoms with Gasteiger partial charge in [0.15, 0.2) is 0 Å². The van der Waals surface area contributed by atoms with Crippen LogP contribution in [0, 0.1) is 0 Å². The van der Waals surface area contributed by atoms with Crippen molar-refractivity contribution in [3.63, 3.8) is 0 Å². The Bertz CT molecular complexity index is 390. The number of carbonyl (C=O) groups excluding carboxylic acids is 1. The quantitative estimate of drug-likeness (QED) is 0.619. The summed E-state index contributed by atoms with van der Waals surface area (Å²) < 4.78 is 6.59. The molecule has 0 spiro atoms. The number of hydrogen-bond acceptors (Lipinski definition) is 5. The van der Waals surface area contributed by atoms with Crippen molar-refractivity contribution < 1.29 is 9.53 Å². The SMILES string of the molecule is CCCc1nn(C)c(SCC(=O)OCC)c1N. The number of nitrogen functional groups attached to an aromatic ring is 1. The minimum atomic E-state index is -0.227. The number of rotatable bonds is 6. The molecule has 1 aromatic heterocycles. The molecular weight excluding hydrogens is 238 g/mol. The summed E-state index contributed by atoms with van der Waals surface area (Å²) in [7, 11) is 1.84. The van der Waals surface area contributed by atoms with Crippen molar-refractivity contribution in [2.75, 3.05) is 18.1 Å². The summed E-state index contributed by atoms with van der Waals surface area (Å²) in [5.41, 5.74) is 7.58. The van der Waals surface area contributed by atoms with Crippen molar-refractivity contribution >= 4 is 23.4 Å². The summed E-state index contributed by atoms with van der Waals surface area (Å²) in [5.74, 6) is 0.0403. The van der Waals surface area contributed by atoms with E-state index in [0.717, 1.165) is 23.6 Å². The lowest BCUT2D eigenvalue weighted by molar-refractivity contribution is -0.139. The molecule has 2 N–H and O–H groups in total. The zero-order chi connectivity index (χ0) is 12.8. The van der Waals surface area contributed by atoms with E-state index in [2.05, 4.69) is 12.0 Å². The van der Waals surface area contributed by atoms with Crippen LogP contribution in [0.4, 0.5) is 5.69 Å². The third-order valence-electron chi connectivity index (χ3n) is 2.22. The molecule has 0 atom stereocenters. The van der Waals surface area contributed by atoms with Crippen molar-refractivity contribution in [3.05, 3.63) is 5.69 Å². The number of aryl methyl sites for hydroxylation is 2. The van der Waals surface area contributed by atoms with E-state index in [4.69, 9.17) is 10.5 Å². The molecule has 1 rings (SSSR count). The largest absolute Gasteiger partial charge is 0.465 e. The fraction of sp³-hybridized carbons (Fsp3) is 0.636. The van der Waals surface area contributed by atoms with Crippen LogP contribution in [-0.2, 0) is 23.0 Å². The van der Waals surface area contributed by atoms with Crippen LogP contribution < -0.4 is 5.73 Å². The van der Waals surface area contributed by atoms with Gasteiger partial charge in [0.1, 0.15) is 5.03 Å². The number of aromatic nitrogens is 2. The zero-order valence-corrected chi connectivity index (χ0v) is 11.3. The fourth-order valence-electron chi connectivity index (χ4n) is 1.50. The third-order valence-corrected chi connectivity index (χ3v) is 3.36. The molecule has 0 fully saturated rings. The van der Waals surface area contributed by atoms with Crippen molar-refractivity contribution in [1.29, 1.82) is 0 Å². The molecule has 0 amide bonds. The van der Waals surface area contributed by atoms with Gasteiger partial charge >= 0.3 is 5.97 Å². The van der Waals surface area contributed by atoms with Crippen molar-refractivity contribution in [2.24, 2.45) is 7.05 Å². The zero-order valence-electron chi connectivity index (χ0n) is 10.5. The fourth-order valence-corrected chi connectivity index (χ4v) is 2.34. The minimum absolute atomic E-state index is 0.227. The van der Waals surface area contributed by atoms with Crippen LogP contribution in [0.5, 0.6) is 0 Å². The molecule has 0 aliphatic carbocycles. The van der Waals surface area contributed by atoms with Gasteiger partial charge < -0.3 is 10.5 Å². The van der Waals surface area contributed by atoms with E-state index in [1.807, 2.05) is 7.05 Å². The van der Waals surface area contributed by atoms with E-state index in [1.165, 1.54) is 11.8 Å². The Balaban J connectivity index is 2.67. The highest BCUT2D eigenvalue weighted by Gasteiger charge is 2.14. The molecule has 0 aliphatic rings. The number of hydrogen-bond donors (Lipinski definition) is 1. The molecule has 1 aromatic rings. The molecule has 0 bridgehead atoms. The standard InChI is InChI=1S/C11H19N3O2S/c1-4-6-8-10(12)11(14(3)13-8)17-7-9(15)16-5-2/h4-7,12H2,1-3H3. The molecule has 5 nitrogen and oxygen atoms in total. The van der Waals surface area contributed by atoms with Crippen LogP contribution in [0.2, 0.25) is 0 Å².